The monoisotopic (exact) mass is 313 g/mol. The molecular formula is C13H17BrFN3. The number of hydrogen-bond donors (Lipinski definition) is 2. The van der Waals surface area contributed by atoms with Gasteiger partial charge in [0.2, 0.25) is 0 Å². The van der Waals surface area contributed by atoms with Crippen LogP contribution >= 0.6 is 15.9 Å². The number of nitrogens with one attached hydrogen (secondary N) is 1. The first-order valence-electron chi connectivity index (χ1n) is 6.06. The number of nitrogens with two attached hydrogens (primary N) is 1. The van der Waals surface area contributed by atoms with Crippen LogP contribution in [0.4, 0.5) is 4.39 Å². The molecule has 3 nitrogen and oxygen atoms in total. The van der Waals surface area contributed by atoms with Crippen molar-refractivity contribution in [2.24, 2.45) is 11.7 Å². The van der Waals surface area contributed by atoms with E-state index in [1.807, 2.05) is 6.07 Å². The third-order valence-corrected chi connectivity index (χ3v) is 4.17. The van der Waals surface area contributed by atoms with Gasteiger partial charge in [-0.05, 0) is 43.6 Å². The van der Waals surface area contributed by atoms with Crippen molar-refractivity contribution >= 4 is 21.8 Å². The highest BCUT2D eigenvalue weighted by atomic mass is 79.9. The first-order valence-corrected chi connectivity index (χ1v) is 6.86. The maximum Gasteiger partial charge on any atom is 0.124 e. The molecular weight excluding hydrogens is 297 g/mol. The lowest BCUT2D eigenvalue weighted by atomic mass is 9.95. The number of amidine groups is 1. The molecule has 1 aliphatic heterocycles. The van der Waals surface area contributed by atoms with Gasteiger partial charge in [-0.15, -0.1) is 0 Å². The Hall–Kier alpha value is -0.940. The van der Waals surface area contributed by atoms with Gasteiger partial charge in [-0.25, -0.2) is 4.39 Å². The molecule has 0 aromatic heterocycles. The molecule has 1 saturated heterocycles. The van der Waals surface area contributed by atoms with Crippen LogP contribution < -0.4 is 5.73 Å². The minimum atomic E-state index is -0.221. The predicted octanol–water partition coefficient (Wildman–Crippen LogP) is 2.74. The molecule has 0 bridgehead atoms. The van der Waals surface area contributed by atoms with Crippen molar-refractivity contribution in [2.75, 3.05) is 13.1 Å². The number of rotatable bonds is 3. The Morgan fingerprint density at radius 2 is 2.11 bits per heavy atom. The molecule has 0 amide bonds. The summed E-state index contributed by atoms with van der Waals surface area (Å²) < 4.78 is 13.8. The topological polar surface area (TPSA) is 53.1 Å². The molecule has 5 heteroatoms. The lowest BCUT2D eigenvalue weighted by molar-refractivity contribution is 0.201. The van der Waals surface area contributed by atoms with E-state index in [-0.39, 0.29) is 11.7 Å². The lowest BCUT2D eigenvalue weighted by Gasteiger charge is -2.31. The van der Waals surface area contributed by atoms with E-state index in [0.29, 0.717) is 5.84 Å². The van der Waals surface area contributed by atoms with Crippen LogP contribution in [-0.4, -0.2) is 23.8 Å². The summed E-state index contributed by atoms with van der Waals surface area (Å²) in [6, 6.07) is 4.80. The van der Waals surface area contributed by atoms with Gasteiger partial charge < -0.3 is 5.73 Å². The molecule has 0 unspecified atom stereocenters. The fraction of sp³-hybridized carbons (Fsp3) is 0.462. The van der Waals surface area contributed by atoms with Crippen LogP contribution in [0.5, 0.6) is 0 Å². The fourth-order valence-electron chi connectivity index (χ4n) is 2.29. The molecule has 98 valence electrons. The highest BCUT2D eigenvalue weighted by Gasteiger charge is 2.21. The zero-order valence-electron chi connectivity index (χ0n) is 10.1. The molecule has 0 spiro atoms. The maximum atomic E-state index is 13.0. The molecule has 0 atom stereocenters. The van der Waals surface area contributed by atoms with Gasteiger partial charge in [0, 0.05) is 16.9 Å². The van der Waals surface area contributed by atoms with E-state index < -0.39 is 0 Å². The second kappa shape index (κ2) is 5.80. The molecule has 1 heterocycles. The van der Waals surface area contributed by atoms with Gasteiger partial charge >= 0.3 is 0 Å². The molecule has 2 rings (SSSR count). The smallest absolute Gasteiger partial charge is 0.124 e. The van der Waals surface area contributed by atoms with Crippen molar-refractivity contribution in [3.05, 3.63) is 34.1 Å². The summed E-state index contributed by atoms with van der Waals surface area (Å²) in [5.41, 5.74) is 6.62. The van der Waals surface area contributed by atoms with E-state index in [1.54, 1.807) is 0 Å². The van der Waals surface area contributed by atoms with Crippen LogP contribution in [0, 0.1) is 17.1 Å². The van der Waals surface area contributed by atoms with Crippen molar-refractivity contribution in [1.29, 1.82) is 5.41 Å². The minimum Gasteiger partial charge on any atom is -0.387 e. The first kappa shape index (κ1) is 13.5. The largest absolute Gasteiger partial charge is 0.387 e. The number of halogens is 2. The zero-order valence-corrected chi connectivity index (χ0v) is 11.7. The minimum absolute atomic E-state index is 0.221. The first-order chi connectivity index (χ1) is 8.56. The zero-order chi connectivity index (χ0) is 13.1. The summed E-state index contributed by atoms with van der Waals surface area (Å²) >= 11 is 3.39. The Balaban J connectivity index is 1.93. The third-order valence-electron chi connectivity index (χ3n) is 3.44. The summed E-state index contributed by atoms with van der Waals surface area (Å²) in [6.07, 6.45) is 1.88. The summed E-state index contributed by atoms with van der Waals surface area (Å²) in [5, 5.41) is 7.44. The normalized spacial score (nSPS) is 17.9. The summed E-state index contributed by atoms with van der Waals surface area (Å²) in [5.74, 6) is 0.316. The van der Waals surface area contributed by atoms with Gasteiger partial charge in [-0.1, -0.05) is 22.0 Å². The molecule has 1 fully saturated rings. The third kappa shape index (κ3) is 3.29. The SMILES string of the molecule is N=C(N)C1CCN(Cc2ccc(F)cc2Br)CC1. The Labute approximate surface area is 115 Å². The standard InChI is InChI=1S/C13H17BrFN3/c14-12-7-11(15)2-1-10(12)8-18-5-3-9(4-6-18)13(16)17/h1-2,7,9H,3-6,8H2,(H3,16,17). The maximum absolute atomic E-state index is 13.0. The predicted molar refractivity (Wildman–Crippen MR) is 74.0 cm³/mol. The highest BCUT2D eigenvalue weighted by molar-refractivity contribution is 9.10. The van der Waals surface area contributed by atoms with Gasteiger partial charge in [-0.2, -0.15) is 0 Å². The number of piperidine rings is 1. The van der Waals surface area contributed by atoms with E-state index >= 15 is 0 Å². The second-order valence-corrected chi connectivity index (χ2v) is 5.60. The van der Waals surface area contributed by atoms with E-state index in [9.17, 15) is 4.39 Å². The number of nitrogens with zero attached hydrogens (tertiary/aromatic N) is 1. The van der Waals surface area contributed by atoms with E-state index in [1.165, 1.54) is 12.1 Å². The van der Waals surface area contributed by atoms with Crippen LogP contribution in [0.25, 0.3) is 0 Å². The van der Waals surface area contributed by atoms with Crippen molar-refractivity contribution in [3.8, 4) is 0 Å². The Bertz CT molecular complexity index is 442. The van der Waals surface area contributed by atoms with E-state index in [2.05, 4.69) is 20.8 Å². The van der Waals surface area contributed by atoms with Gasteiger partial charge in [-0.3, -0.25) is 10.3 Å². The van der Waals surface area contributed by atoms with Crippen molar-refractivity contribution in [3.63, 3.8) is 0 Å². The number of hydrogen-bond acceptors (Lipinski definition) is 2. The van der Waals surface area contributed by atoms with Crippen LogP contribution in [0.2, 0.25) is 0 Å². The van der Waals surface area contributed by atoms with Crippen LogP contribution in [0.1, 0.15) is 18.4 Å². The summed E-state index contributed by atoms with van der Waals surface area (Å²) in [6.45, 7) is 2.69. The summed E-state index contributed by atoms with van der Waals surface area (Å²) in [7, 11) is 0. The molecule has 1 aromatic carbocycles. The quantitative estimate of drug-likeness (QED) is 0.666. The number of likely N-dealkylation sites (tertiary alicyclic amines) is 1. The van der Waals surface area contributed by atoms with Crippen molar-refractivity contribution < 1.29 is 4.39 Å². The molecule has 0 radical (unpaired) electrons. The fourth-order valence-corrected chi connectivity index (χ4v) is 2.77. The van der Waals surface area contributed by atoms with Crippen molar-refractivity contribution in [2.45, 2.75) is 19.4 Å². The van der Waals surface area contributed by atoms with Gasteiger partial charge in [0.25, 0.3) is 0 Å². The van der Waals surface area contributed by atoms with Crippen LogP contribution in [0.15, 0.2) is 22.7 Å². The Kier molecular flexibility index (Phi) is 4.35. The second-order valence-electron chi connectivity index (χ2n) is 4.74. The lowest BCUT2D eigenvalue weighted by Crippen LogP contribution is -2.37. The Morgan fingerprint density at radius 3 is 2.67 bits per heavy atom. The van der Waals surface area contributed by atoms with E-state index in [0.717, 1.165) is 42.5 Å². The molecule has 0 aliphatic carbocycles. The molecule has 0 saturated carbocycles. The van der Waals surface area contributed by atoms with Gasteiger partial charge in [0.15, 0.2) is 0 Å². The molecule has 3 N–H and O–H groups in total. The van der Waals surface area contributed by atoms with Crippen LogP contribution in [-0.2, 0) is 6.54 Å². The van der Waals surface area contributed by atoms with Gasteiger partial charge in [0.1, 0.15) is 5.82 Å². The molecule has 1 aromatic rings. The van der Waals surface area contributed by atoms with E-state index in [4.69, 9.17) is 11.1 Å². The highest BCUT2D eigenvalue weighted by Crippen LogP contribution is 2.23. The number of benzene rings is 1. The van der Waals surface area contributed by atoms with Gasteiger partial charge in [0.05, 0.1) is 5.84 Å². The van der Waals surface area contributed by atoms with Crippen molar-refractivity contribution in [1.82, 2.24) is 4.90 Å². The average Bonchev–Trinajstić information content (AvgIpc) is 2.33. The molecule has 1 aliphatic rings. The average molecular weight is 314 g/mol. The summed E-state index contributed by atoms with van der Waals surface area (Å²) in [4.78, 5) is 2.32. The molecule has 18 heavy (non-hydrogen) atoms. The van der Waals surface area contributed by atoms with Crippen LogP contribution in [0.3, 0.4) is 0 Å². The Morgan fingerprint density at radius 1 is 1.44 bits per heavy atom.